The number of amides is 1. The minimum atomic E-state index is -1.05. The Morgan fingerprint density at radius 2 is 1.68 bits per heavy atom. The highest BCUT2D eigenvalue weighted by Gasteiger charge is 2.32. The van der Waals surface area contributed by atoms with Gasteiger partial charge >= 0.3 is 11.9 Å². The van der Waals surface area contributed by atoms with Gasteiger partial charge < -0.3 is 15.2 Å². The standard InChI is InChI=1S/C22H29NO5/c1-6-14(2)12-13-19(24)23-20(16(4)18-10-8-7-9-11-18)22(27)28-17(5)15(3)21(25)26/h6-13,15-17,20H,1-5H3,(H,23,24)(H,25,26). The van der Waals surface area contributed by atoms with Crippen LogP contribution in [0.1, 0.15) is 46.1 Å². The lowest BCUT2D eigenvalue weighted by molar-refractivity contribution is -0.159. The molecule has 0 radical (unpaired) electrons. The van der Waals surface area contributed by atoms with Gasteiger partial charge in [0.05, 0.1) is 5.92 Å². The Labute approximate surface area is 166 Å². The SMILES string of the molecule is CC=C(C)C=CC(=O)NC(C(=O)OC(C)C(C)C(=O)O)C(C)c1ccccc1. The third-order valence-corrected chi connectivity index (χ3v) is 4.73. The second-order valence-electron chi connectivity index (χ2n) is 6.82. The van der Waals surface area contributed by atoms with Crippen molar-refractivity contribution in [3.05, 3.63) is 59.7 Å². The van der Waals surface area contributed by atoms with Gasteiger partial charge in [-0.15, -0.1) is 0 Å². The van der Waals surface area contributed by atoms with E-state index in [2.05, 4.69) is 5.32 Å². The van der Waals surface area contributed by atoms with Crippen molar-refractivity contribution in [2.24, 2.45) is 5.92 Å². The molecular formula is C22H29NO5. The first-order valence-corrected chi connectivity index (χ1v) is 9.27. The number of carbonyl (C=O) groups excluding carboxylic acids is 2. The maximum atomic E-state index is 12.8. The van der Waals surface area contributed by atoms with Gasteiger partial charge in [0.1, 0.15) is 12.1 Å². The number of carbonyl (C=O) groups is 3. The zero-order valence-electron chi connectivity index (χ0n) is 17.0. The molecular weight excluding hydrogens is 358 g/mol. The molecule has 0 fully saturated rings. The van der Waals surface area contributed by atoms with E-state index >= 15 is 0 Å². The molecule has 0 saturated carbocycles. The van der Waals surface area contributed by atoms with E-state index in [1.54, 1.807) is 6.08 Å². The van der Waals surface area contributed by atoms with Gasteiger partial charge in [0.25, 0.3) is 0 Å². The molecule has 0 heterocycles. The lowest BCUT2D eigenvalue weighted by Gasteiger charge is -2.26. The maximum Gasteiger partial charge on any atom is 0.329 e. The Hall–Kier alpha value is -2.89. The minimum Gasteiger partial charge on any atom is -0.481 e. The van der Waals surface area contributed by atoms with Crippen LogP contribution in [0, 0.1) is 5.92 Å². The molecule has 6 heteroatoms. The molecule has 1 aromatic carbocycles. The molecule has 28 heavy (non-hydrogen) atoms. The molecule has 0 saturated heterocycles. The van der Waals surface area contributed by atoms with Crippen LogP contribution in [0.3, 0.4) is 0 Å². The largest absolute Gasteiger partial charge is 0.481 e. The topological polar surface area (TPSA) is 92.7 Å². The van der Waals surface area contributed by atoms with E-state index in [0.717, 1.165) is 11.1 Å². The number of benzene rings is 1. The first-order chi connectivity index (χ1) is 13.2. The van der Waals surface area contributed by atoms with Crippen LogP contribution in [0.2, 0.25) is 0 Å². The van der Waals surface area contributed by atoms with Crippen molar-refractivity contribution < 1.29 is 24.2 Å². The summed E-state index contributed by atoms with van der Waals surface area (Å²) >= 11 is 0. The monoisotopic (exact) mass is 387 g/mol. The van der Waals surface area contributed by atoms with Crippen LogP contribution in [0.25, 0.3) is 0 Å². The van der Waals surface area contributed by atoms with Gasteiger partial charge in [-0.3, -0.25) is 9.59 Å². The average Bonchev–Trinajstić information content (AvgIpc) is 2.69. The van der Waals surface area contributed by atoms with Crippen molar-refractivity contribution in [3.63, 3.8) is 0 Å². The summed E-state index contributed by atoms with van der Waals surface area (Å²) in [5.41, 5.74) is 1.77. The molecule has 0 aromatic heterocycles. The molecule has 1 aromatic rings. The summed E-state index contributed by atoms with van der Waals surface area (Å²) in [4.78, 5) is 36.2. The average molecular weight is 387 g/mol. The van der Waals surface area contributed by atoms with Crippen LogP contribution in [-0.4, -0.2) is 35.1 Å². The molecule has 6 nitrogen and oxygen atoms in total. The highest BCUT2D eigenvalue weighted by atomic mass is 16.5. The second-order valence-corrected chi connectivity index (χ2v) is 6.82. The maximum absolute atomic E-state index is 12.8. The van der Waals surface area contributed by atoms with E-state index < -0.39 is 35.9 Å². The fraction of sp³-hybridized carbons (Fsp3) is 0.409. The third-order valence-electron chi connectivity index (χ3n) is 4.73. The van der Waals surface area contributed by atoms with E-state index in [1.165, 1.54) is 19.9 Å². The smallest absolute Gasteiger partial charge is 0.329 e. The highest BCUT2D eigenvalue weighted by molar-refractivity contribution is 5.92. The number of carboxylic acid groups (broad SMARTS) is 1. The first-order valence-electron chi connectivity index (χ1n) is 9.27. The van der Waals surface area contributed by atoms with Gasteiger partial charge in [-0.25, -0.2) is 4.79 Å². The first kappa shape index (κ1) is 23.1. The molecule has 2 N–H and O–H groups in total. The molecule has 4 unspecified atom stereocenters. The van der Waals surface area contributed by atoms with Crippen LogP contribution < -0.4 is 5.32 Å². The van der Waals surface area contributed by atoms with Gasteiger partial charge in [0.2, 0.25) is 5.91 Å². The number of hydrogen-bond acceptors (Lipinski definition) is 4. The van der Waals surface area contributed by atoms with E-state index in [9.17, 15) is 14.4 Å². The lowest BCUT2D eigenvalue weighted by Crippen LogP contribution is -2.46. The molecule has 0 spiro atoms. The summed E-state index contributed by atoms with van der Waals surface area (Å²) in [7, 11) is 0. The summed E-state index contributed by atoms with van der Waals surface area (Å²) in [6.07, 6.45) is 4.04. The summed E-state index contributed by atoms with van der Waals surface area (Å²) in [6, 6.07) is 8.33. The van der Waals surface area contributed by atoms with Crippen LogP contribution >= 0.6 is 0 Å². The fourth-order valence-electron chi connectivity index (χ4n) is 2.40. The van der Waals surface area contributed by atoms with Crippen molar-refractivity contribution in [3.8, 4) is 0 Å². The highest BCUT2D eigenvalue weighted by Crippen LogP contribution is 2.21. The molecule has 0 aliphatic carbocycles. The predicted octanol–water partition coefficient (Wildman–Crippen LogP) is 3.45. The number of hydrogen-bond donors (Lipinski definition) is 2. The Morgan fingerprint density at radius 3 is 2.21 bits per heavy atom. The van der Waals surface area contributed by atoms with Gasteiger partial charge in [-0.2, -0.15) is 0 Å². The Kier molecular flexibility index (Phi) is 9.15. The predicted molar refractivity (Wildman–Crippen MR) is 108 cm³/mol. The number of aliphatic carboxylic acids is 1. The van der Waals surface area contributed by atoms with Crippen molar-refractivity contribution in [1.29, 1.82) is 0 Å². The van der Waals surface area contributed by atoms with Gasteiger partial charge in [0, 0.05) is 12.0 Å². The molecule has 4 atom stereocenters. The molecule has 152 valence electrons. The van der Waals surface area contributed by atoms with Crippen molar-refractivity contribution in [1.82, 2.24) is 5.32 Å². The molecule has 1 amide bonds. The minimum absolute atomic E-state index is 0.360. The van der Waals surface area contributed by atoms with E-state index in [-0.39, 0.29) is 5.92 Å². The number of nitrogens with one attached hydrogen (secondary N) is 1. The van der Waals surface area contributed by atoms with Crippen LogP contribution in [0.4, 0.5) is 0 Å². The van der Waals surface area contributed by atoms with Crippen molar-refractivity contribution in [2.75, 3.05) is 0 Å². The Bertz CT molecular complexity index is 739. The van der Waals surface area contributed by atoms with Crippen molar-refractivity contribution in [2.45, 2.75) is 52.7 Å². The number of rotatable bonds is 9. The fourth-order valence-corrected chi connectivity index (χ4v) is 2.40. The summed E-state index contributed by atoms with van der Waals surface area (Å²) in [6.45, 7) is 8.53. The molecule has 0 bridgehead atoms. The molecule has 0 aliphatic rings. The zero-order chi connectivity index (χ0) is 21.3. The number of ether oxygens (including phenoxy) is 1. The number of esters is 1. The Balaban J connectivity index is 3.03. The quantitative estimate of drug-likeness (QED) is 0.385. The van der Waals surface area contributed by atoms with Crippen LogP contribution in [0.15, 0.2) is 54.1 Å². The normalized spacial score (nSPS) is 16.1. The Morgan fingerprint density at radius 1 is 1.07 bits per heavy atom. The van der Waals surface area contributed by atoms with Crippen LogP contribution in [-0.2, 0) is 19.1 Å². The van der Waals surface area contributed by atoms with E-state index in [1.807, 2.05) is 57.2 Å². The summed E-state index contributed by atoms with van der Waals surface area (Å²) < 4.78 is 5.36. The van der Waals surface area contributed by atoms with E-state index in [0.29, 0.717) is 0 Å². The molecule has 1 rings (SSSR count). The van der Waals surface area contributed by atoms with Gasteiger partial charge in [0.15, 0.2) is 0 Å². The van der Waals surface area contributed by atoms with Gasteiger partial charge in [-0.1, -0.05) is 55.0 Å². The summed E-state index contributed by atoms with van der Waals surface area (Å²) in [5, 5.41) is 11.8. The van der Waals surface area contributed by atoms with Crippen molar-refractivity contribution >= 4 is 17.8 Å². The summed E-state index contributed by atoms with van der Waals surface area (Å²) in [5.74, 6) is -3.36. The number of allylic oxidation sites excluding steroid dienone is 3. The second kappa shape index (κ2) is 11.1. The van der Waals surface area contributed by atoms with Crippen LogP contribution in [0.5, 0.6) is 0 Å². The van der Waals surface area contributed by atoms with E-state index in [4.69, 9.17) is 9.84 Å². The molecule has 0 aliphatic heterocycles. The zero-order valence-corrected chi connectivity index (χ0v) is 17.0. The van der Waals surface area contributed by atoms with Gasteiger partial charge in [-0.05, 0) is 33.3 Å². The number of carboxylic acids is 1. The lowest BCUT2D eigenvalue weighted by atomic mass is 9.93. The third kappa shape index (κ3) is 7.02.